The van der Waals surface area contributed by atoms with E-state index < -0.39 is 0 Å². The van der Waals surface area contributed by atoms with E-state index in [-0.39, 0.29) is 11.7 Å². The first kappa shape index (κ1) is 14.4. The molecule has 0 bridgehead atoms. The highest BCUT2D eigenvalue weighted by atomic mass is 35.5. The Morgan fingerprint density at radius 2 is 2.16 bits per heavy atom. The van der Waals surface area contributed by atoms with Crippen LogP contribution in [0.4, 0.5) is 4.39 Å². The van der Waals surface area contributed by atoms with Crippen molar-refractivity contribution in [1.82, 2.24) is 4.98 Å². The monoisotopic (exact) mass is 298 g/mol. The molecule has 0 saturated heterocycles. The van der Waals surface area contributed by atoms with Crippen LogP contribution in [0.15, 0.2) is 18.2 Å². The van der Waals surface area contributed by atoms with E-state index in [1.807, 2.05) is 13.8 Å². The fourth-order valence-electron chi connectivity index (χ4n) is 1.92. The molecule has 2 aromatic rings. The van der Waals surface area contributed by atoms with Crippen molar-refractivity contribution in [2.75, 3.05) is 6.54 Å². The number of aryl methyl sites for hydroxylation is 2. The van der Waals surface area contributed by atoms with E-state index in [4.69, 9.17) is 17.3 Å². The number of rotatable bonds is 4. The van der Waals surface area contributed by atoms with Crippen molar-refractivity contribution in [3.63, 3.8) is 0 Å². The first-order chi connectivity index (χ1) is 9.02. The maximum absolute atomic E-state index is 13.8. The molecule has 102 valence electrons. The molecule has 1 aromatic heterocycles. The average molecular weight is 299 g/mol. The highest BCUT2D eigenvalue weighted by Gasteiger charge is 2.19. The first-order valence-electron chi connectivity index (χ1n) is 6.09. The van der Waals surface area contributed by atoms with Gasteiger partial charge in [-0.1, -0.05) is 17.7 Å². The molecule has 0 saturated carbocycles. The minimum absolute atomic E-state index is 0.00630. The van der Waals surface area contributed by atoms with Gasteiger partial charge in [0.2, 0.25) is 0 Å². The Hall–Kier alpha value is -0.970. The topological polar surface area (TPSA) is 38.9 Å². The van der Waals surface area contributed by atoms with E-state index in [9.17, 15) is 4.39 Å². The van der Waals surface area contributed by atoms with Crippen LogP contribution >= 0.6 is 22.9 Å². The van der Waals surface area contributed by atoms with Gasteiger partial charge in [0.15, 0.2) is 0 Å². The molecule has 0 radical (unpaired) electrons. The van der Waals surface area contributed by atoms with E-state index in [2.05, 4.69) is 4.98 Å². The molecule has 0 aliphatic rings. The summed E-state index contributed by atoms with van der Waals surface area (Å²) < 4.78 is 13.8. The number of hydrogen-bond donors (Lipinski definition) is 1. The minimum Gasteiger partial charge on any atom is -0.330 e. The van der Waals surface area contributed by atoms with Gasteiger partial charge in [0.1, 0.15) is 5.82 Å². The molecule has 0 aliphatic heterocycles. The molecule has 5 heteroatoms. The summed E-state index contributed by atoms with van der Waals surface area (Å²) in [5, 5.41) is 1.40. The summed E-state index contributed by atoms with van der Waals surface area (Å²) in [7, 11) is 0. The maximum Gasteiger partial charge on any atom is 0.127 e. The number of aromatic nitrogens is 1. The molecule has 1 unspecified atom stereocenters. The molecule has 19 heavy (non-hydrogen) atoms. The van der Waals surface area contributed by atoms with Gasteiger partial charge in [-0.25, -0.2) is 9.37 Å². The second-order valence-corrected chi connectivity index (χ2v) is 6.17. The maximum atomic E-state index is 13.8. The van der Waals surface area contributed by atoms with Gasteiger partial charge in [0, 0.05) is 27.9 Å². The predicted octanol–water partition coefficient (Wildman–Crippen LogP) is 3.84. The molecular weight excluding hydrogens is 283 g/mol. The molecular formula is C14H16ClFN2S. The molecule has 2 nitrogen and oxygen atoms in total. The molecule has 1 aromatic carbocycles. The Labute approximate surface area is 121 Å². The minimum atomic E-state index is -0.282. The van der Waals surface area contributed by atoms with Crippen LogP contribution in [0.25, 0.3) is 0 Å². The molecule has 0 fully saturated rings. The summed E-state index contributed by atoms with van der Waals surface area (Å²) in [6, 6.07) is 4.73. The number of hydrogen-bond acceptors (Lipinski definition) is 3. The normalized spacial score (nSPS) is 12.7. The lowest BCUT2D eigenvalue weighted by molar-refractivity contribution is 0.589. The lowest BCUT2D eigenvalue weighted by Crippen LogP contribution is -2.15. The Morgan fingerprint density at radius 3 is 2.68 bits per heavy atom. The van der Waals surface area contributed by atoms with Crippen molar-refractivity contribution in [3.05, 3.63) is 50.2 Å². The summed E-state index contributed by atoms with van der Waals surface area (Å²) >= 11 is 7.68. The highest BCUT2D eigenvalue weighted by Crippen LogP contribution is 2.30. The fraction of sp³-hybridized carbons (Fsp3) is 0.357. The Morgan fingerprint density at radius 1 is 1.42 bits per heavy atom. The van der Waals surface area contributed by atoms with Gasteiger partial charge in [0.05, 0.1) is 10.7 Å². The van der Waals surface area contributed by atoms with Crippen molar-refractivity contribution in [2.45, 2.75) is 26.2 Å². The highest BCUT2D eigenvalue weighted by molar-refractivity contribution is 7.11. The van der Waals surface area contributed by atoms with E-state index >= 15 is 0 Å². The molecule has 1 atom stereocenters. The van der Waals surface area contributed by atoms with Crippen molar-refractivity contribution in [1.29, 1.82) is 0 Å². The van der Waals surface area contributed by atoms with Gasteiger partial charge in [-0.05, 0) is 32.4 Å². The first-order valence-corrected chi connectivity index (χ1v) is 7.29. The van der Waals surface area contributed by atoms with Crippen molar-refractivity contribution in [2.24, 2.45) is 5.73 Å². The quantitative estimate of drug-likeness (QED) is 0.931. The molecule has 0 aliphatic carbocycles. The summed E-state index contributed by atoms with van der Waals surface area (Å²) in [5.41, 5.74) is 7.34. The Kier molecular flexibility index (Phi) is 4.55. The van der Waals surface area contributed by atoms with Crippen LogP contribution in [-0.2, 0) is 6.42 Å². The van der Waals surface area contributed by atoms with Crippen LogP contribution < -0.4 is 5.73 Å². The lowest BCUT2D eigenvalue weighted by Gasteiger charge is -2.13. The smallest absolute Gasteiger partial charge is 0.127 e. The van der Waals surface area contributed by atoms with Crippen LogP contribution in [-0.4, -0.2) is 11.5 Å². The van der Waals surface area contributed by atoms with Gasteiger partial charge in [-0.15, -0.1) is 11.3 Å². The van der Waals surface area contributed by atoms with Gasteiger partial charge in [0.25, 0.3) is 0 Å². The van der Waals surface area contributed by atoms with Gasteiger partial charge >= 0.3 is 0 Å². The standard InChI is InChI=1S/C14H16ClFN2S/c1-8-9(2)19-14(18-8)10(7-17)6-11-12(15)4-3-5-13(11)16/h3-5,10H,6-7,17H2,1-2H3. The predicted molar refractivity (Wildman–Crippen MR) is 78.5 cm³/mol. The third kappa shape index (κ3) is 3.14. The number of benzene rings is 1. The van der Waals surface area contributed by atoms with Gasteiger partial charge in [-0.2, -0.15) is 0 Å². The largest absolute Gasteiger partial charge is 0.330 e. The van der Waals surface area contributed by atoms with Gasteiger partial charge in [-0.3, -0.25) is 0 Å². The number of thiazole rings is 1. The lowest BCUT2D eigenvalue weighted by atomic mass is 9.99. The average Bonchev–Trinajstić information content (AvgIpc) is 2.69. The zero-order valence-electron chi connectivity index (χ0n) is 10.9. The molecule has 0 spiro atoms. The van der Waals surface area contributed by atoms with E-state index in [1.54, 1.807) is 23.5 Å². The van der Waals surface area contributed by atoms with Crippen LogP contribution in [0.5, 0.6) is 0 Å². The Bertz CT molecular complexity index is 543. The molecule has 0 amide bonds. The number of nitrogens with zero attached hydrogens (tertiary/aromatic N) is 1. The summed E-state index contributed by atoms with van der Waals surface area (Å²) in [6.07, 6.45) is 0.481. The zero-order chi connectivity index (χ0) is 14.0. The second kappa shape index (κ2) is 5.99. The molecule has 1 heterocycles. The van der Waals surface area contributed by atoms with E-state index in [0.29, 0.717) is 23.6 Å². The number of nitrogens with two attached hydrogens (primary N) is 1. The van der Waals surface area contributed by atoms with Gasteiger partial charge < -0.3 is 5.73 Å². The SMILES string of the molecule is Cc1nc(C(CN)Cc2c(F)cccc2Cl)sc1C. The summed E-state index contributed by atoms with van der Waals surface area (Å²) in [4.78, 5) is 5.68. The summed E-state index contributed by atoms with van der Waals surface area (Å²) in [5.74, 6) is -0.275. The summed E-state index contributed by atoms with van der Waals surface area (Å²) in [6.45, 7) is 4.43. The molecule has 2 rings (SSSR count). The van der Waals surface area contributed by atoms with Crippen molar-refractivity contribution in [3.8, 4) is 0 Å². The second-order valence-electron chi connectivity index (χ2n) is 4.53. The number of halogens is 2. The third-order valence-electron chi connectivity index (χ3n) is 3.19. The van der Waals surface area contributed by atoms with E-state index in [1.165, 1.54) is 10.9 Å². The third-order valence-corrected chi connectivity index (χ3v) is 4.78. The van der Waals surface area contributed by atoms with Crippen molar-refractivity contribution < 1.29 is 4.39 Å². The van der Waals surface area contributed by atoms with Crippen LogP contribution in [0.3, 0.4) is 0 Å². The Balaban J connectivity index is 2.29. The van der Waals surface area contributed by atoms with Crippen LogP contribution in [0.1, 0.15) is 27.1 Å². The van der Waals surface area contributed by atoms with E-state index in [0.717, 1.165) is 10.7 Å². The van der Waals surface area contributed by atoms with Crippen molar-refractivity contribution >= 4 is 22.9 Å². The van der Waals surface area contributed by atoms with Crippen LogP contribution in [0, 0.1) is 19.7 Å². The fourth-order valence-corrected chi connectivity index (χ4v) is 3.19. The molecule has 2 N–H and O–H groups in total. The zero-order valence-corrected chi connectivity index (χ0v) is 12.5. The van der Waals surface area contributed by atoms with Crippen LogP contribution in [0.2, 0.25) is 5.02 Å².